The Morgan fingerprint density at radius 3 is 2.18 bits per heavy atom. The van der Waals surface area contributed by atoms with E-state index in [2.05, 4.69) is 6.58 Å². The zero-order valence-corrected chi connectivity index (χ0v) is 7.47. The summed E-state index contributed by atoms with van der Waals surface area (Å²) in [6.45, 7) is 9.26. The van der Waals surface area contributed by atoms with Crippen LogP contribution in [0.5, 0.6) is 0 Å². The van der Waals surface area contributed by atoms with Crippen LogP contribution < -0.4 is 0 Å². The van der Waals surface area contributed by atoms with Gasteiger partial charge >= 0.3 is 0 Å². The standard InChI is InChI=1S/C7H11NO.C2H6/c1-2-7(9)8-5-3-4-6-8;1-2/h2H,1,3-6H2;1-2H3. The largest absolute Gasteiger partial charge is 0.339 e. The van der Waals surface area contributed by atoms with Gasteiger partial charge in [-0.15, -0.1) is 0 Å². The Labute approximate surface area is 68.9 Å². The van der Waals surface area contributed by atoms with E-state index in [1.165, 1.54) is 6.08 Å². The Bertz CT molecular complexity index is 126. The highest BCUT2D eigenvalue weighted by Crippen LogP contribution is 2.06. The Kier molecular flexibility index (Phi) is 5.53. The summed E-state index contributed by atoms with van der Waals surface area (Å²) >= 11 is 0. The van der Waals surface area contributed by atoms with Crippen LogP contribution in [0.1, 0.15) is 26.7 Å². The molecule has 11 heavy (non-hydrogen) atoms. The van der Waals surface area contributed by atoms with Crippen LogP contribution in [0.2, 0.25) is 0 Å². The van der Waals surface area contributed by atoms with Crippen LogP contribution in [0, 0.1) is 0 Å². The number of rotatable bonds is 1. The molecule has 0 radical (unpaired) electrons. The summed E-state index contributed by atoms with van der Waals surface area (Å²) in [5.41, 5.74) is 0. The van der Waals surface area contributed by atoms with Gasteiger partial charge in [-0.3, -0.25) is 4.79 Å². The first-order valence-corrected chi connectivity index (χ1v) is 4.26. The molecule has 0 saturated carbocycles. The zero-order valence-electron chi connectivity index (χ0n) is 7.47. The number of carbonyl (C=O) groups is 1. The highest BCUT2D eigenvalue weighted by molar-refractivity contribution is 5.87. The van der Waals surface area contributed by atoms with Crippen molar-refractivity contribution in [2.24, 2.45) is 0 Å². The van der Waals surface area contributed by atoms with E-state index in [1.54, 1.807) is 0 Å². The highest BCUT2D eigenvalue weighted by Gasteiger charge is 2.13. The van der Waals surface area contributed by atoms with Gasteiger partial charge in [0.05, 0.1) is 0 Å². The van der Waals surface area contributed by atoms with Crippen molar-refractivity contribution in [3.63, 3.8) is 0 Å². The second-order valence-corrected chi connectivity index (χ2v) is 2.24. The van der Waals surface area contributed by atoms with Gasteiger partial charge in [0.15, 0.2) is 0 Å². The minimum Gasteiger partial charge on any atom is -0.339 e. The molecule has 1 heterocycles. The molecular formula is C9H17NO. The maximum Gasteiger partial charge on any atom is 0.245 e. The maximum absolute atomic E-state index is 10.8. The number of amides is 1. The van der Waals surface area contributed by atoms with Crippen molar-refractivity contribution in [2.45, 2.75) is 26.7 Å². The molecule has 0 aromatic rings. The van der Waals surface area contributed by atoms with Gasteiger partial charge in [-0.25, -0.2) is 0 Å². The lowest BCUT2D eigenvalue weighted by atomic mass is 10.4. The van der Waals surface area contributed by atoms with Gasteiger partial charge in [-0.1, -0.05) is 20.4 Å². The second kappa shape index (κ2) is 5.96. The lowest BCUT2D eigenvalue weighted by molar-refractivity contribution is -0.124. The predicted molar refractivity (Wildman–Crippen MR) is 47.4 cm³/mol. The van der Waals surface area contributed by atoms with E-state index < -0.39 is 0 Å². The fraction of sp³-hybridized carbons (Fsp3) is 0.667. The van der Waals surface area contributed by atoms with Crippen LogP contribution in [0.15, 0.2) is 12.7 Å². The van der Waals surface area contributed by atoms with Crippen molar-refractivity contribution in [3.05, 3.63) is 12.7 Å². The van der Waals surface area contributed by atoms with Gasteiger partial charge < -0.3 is 4.90 Å². The molecule has 2 heteroatoms. The van der Waals surface area contributed by atoms with Crippen molar-refractivity contribution < 1.29 is 4.79 Å². The zero-order chi connectivity index (χ0) is 8.69. The summed E-state index contributed by atoms with van der Waals surface area (Å²) in [5, 5.41) is 0. The SMILES string of the molecule is C=CC(=O)N1CCCC1.CC. The topological polar surface area (TPSA) is 20.3 Å². The third kappa shape index (κ3) is 3.21. The molecule has 1 rings (SSSR count). The van der Waals surface area contributed by atoms with Crippen molar-refractivity contribution in [2.75, 3.05) is 13.1 Å². The normalized spacial score (nSPS) is 15.3. The summed E-state index contributed by atoms with van der Waals surface area (Å²) in [6.07, 6.45) is 3.68. The molecule has 2 nitrogen and oxygen atoms in total. The Balaban J connectivity index is 0.000000461. The quantitative estimate of drug-likeness (QED) is 0.529. The molecule has 1 fully saturated rings. The molecule has 1 saturated heterocycles. The molecule has 0 N–H and O–H groups in total. The van der Waals surface area contributed by atoms with E-state index in [9.17, 15) is 4.79 Å². The lowest BCUT2D eigenvalue weighted by Gasteiger charge is -2.10. The lowest BCUT2D eigenvalue weighted by Crippen LogP contribution is -2.25. The van der Waals surface area contributed by atoms with E-state index in [4.69, 9.17) is 0 Å². The molecule has 0 bridgehead atoms. The van der Waals surface area contributed by atoms with E-state index in [1.807, 2.05) is 18.7 Å². The monoisotopic (exact) mass is 155 g/mol. The smallest absolute Gasteiger partial charge is 0.245 e. The summed E-state index contributed by atoms with van der Waals surface area (Å²) in [5.74, 6) is 0.0764. The fourth-order valence-corrected chi connectivity index (χ4v) is 1.07. The molecule has 0 unspecified atom stereocenters. The molecule has 0 spiro atoms. The minimum atomic E-state index is 0.0764. The van der Waals surface area contributed by atoms with Crippen molar-refractivity contribution >= 4 is 5.91 Å². The summed E-state index contributed by atoms with van der Waals surface area (Å²) in [4.78, 5) is 12.6. The van der Waals surface area contributed by atoms with Gasteiger partial charge in [0.2, 0.25) is 5.91 Å². The fourth-order valence-electron chi connectivity index (χ4n) is 1.07. The molecule has 1 aliphatic heterocycles. The van der Waals surface area contributed by atoms with Gasteiger partial charge in [0, 0.05) is 13.1 Å². The van der Waals surface area contributed by atoms with Crippen LogP contribution in [-0.4, -0.2) is 23.9 Å². The number of hydrogen-bond acceptors (Lipinski definition) is 1. The van der Waals surface area contributed by atoms with E-state index in [0.29, 0.717) is 0 Å². The van der Waals surface area contributed by atoms with Crippen LogP contribution in [0.4, 0.5) is 0 Å². The number of carbonyl (C=O) groups excluding carboxylic acids is 1. The molecule has 1 amide bonds. The Morgan fingerprint density at radius 1 is 1.36 bits per heavy atom. The van der Waals surface area contributed by atoms with Gasteiger partial charge in [0.1, 0.15) is 0 Å². The van der Waals surface area contributed by atoms with Gasteiger partial charge in [-0.2, -0.15) is 0 Å². The number of nitrogens with zero attached hydrogens (tertiary/aromatic N) is 1. The van der Waals surface area contributed by atoms with Crippen LogP contribution >= 0.6 is 0 Å². The molecular weight excluding hydrogens is 138 g/mol. The summed E-state index contributed by atoms with van der Waals surface area (Å²) in [7, 11) is 0. The Hall–Kier alpha value is -0.790. The third-order valence-corrected chi connectivity index (χ3v) is 1.59. The maximum atomic E-state index is 10.8. The van der Waals surface area contributed by atoms with Crippen LogP contribution in [-0.2, 0) is 4.79 Å². The van der Waals surface area contributed by atoms with Gasteiger partial charge in [0.25, 0.3) is 0 Å². The molecule has 0 atom stereocenters. The molecule has 1 aliphatic rings. The first-order valence-electron chi connectivity index (χ1n) is 4.26. The Morgan fingerprint density at radius 2 is 1.82 bits per heavy atom. The minimum absolute atomic E-state index is 0.0764. The summed E-state index contributed by atoms with van der Waals surface area (Å²) < 4.78 is 0. The van der Waals surface area contributed by atoms with Crippen molar-refractivity contribution in [1.29, 1.82) is 0 Å². The van der Waals surface area contributed by atoms with E-state index >= 15 is 0 Å². The van der Waals surface area contributed by atoms with Crippen molar-refractivity contribution in [1.82, 2.24) is 4.90 Å². The average Bonchev–Trinajstić information content (AvgIpc) is 2.59. The number of hydrogen-bond donors (Lipinski definition) is 0. The van der Waals surface area contributed by atoms with Crippen molar-refractivity contribution in [3.8, 4) is 0 Å². The number of likely N-dealkylation sites (tertiary alicyclic amines) is 1. The third-order valence-electron chi connectivity index (χ3n) is 1.59. The van der Waals surface area contributed by atoms with Crippen LogP contribution in [0.25, 0.3) is 0 Å². The summed E-state index contributed by atoms with van der Waals surface area (Å²) in [6, 6.07) is 0. The van der Waals surface area contributed by atoms with E-state index in [-0.39, 0.29) is 5.91 Å². The molecule has 0 aromatic carbocycles. The average molecular weight is 155 g/mol. The first-order chi connectivity index (χ1) is 5.34. The van der Waals surface area contributed by atoms with Gasteiger partial charge in [-0.05, 0) is 18.9 Å². The van der Waals surface area contributed by atoms with E-state index in [0.717, 1.165) is 25.9 Å². The molecule has 0 aliphatic carbocycles. The molecule has 64 valence electrons. The predicted octanol–water partition coefficient (Wildman–Crippen LogP) is 1.82. The van der Waals surface area contributed by atoms with Crippen LogP contribution in [0.3, 0.4) is 0 Å². The second-order valence-electron chi connectivity index (χ2n) is 2.24. The molecule has 0 aromatic heterocycles. The first kappa shape index (κ1) is 10.2. The highest BCUT2D eigenvalue weighted by atomic mass is 16.2.